The molecule has 0 radical (unpaired) electrons. The highest BCUT2D eigenvalue weighted by Crippen LogP contribution is 2.32. The SMILES string of the molecule is O=C(O)COc1c([N+](=O)[O-])c(=O)oc2ccccc12. The van der Waals surface area contributed by atoms with Gasteiger partial charge in [0.25, 0.3) is 0 Å². The van der Waals surface area contributed by atoms with E-state index in [-0.39, 0.29) is 11.0 Å². The van der Waals surface area contributed by atoms with Crippen LogP contribution in [-0.2, 0) is 4.79 Å². The molecule has 0 atom stereocenters. The number of rotatable bonds is 4. The fourth-order valence-corrected chi connectivity index (χ4v) is 1.55. The van der Waals surface area contributed by atoms with Crippen LogP contribution < -0.4 is 10.4 Å². The number of carbonyl (C=O) groups is 1. The van der Waals surface area contributed by atoms with Gasteiger partial charge in [-0.2, -0.15) is 0 Å². The molecule has 98 valence electrons. The summed E-state index contributed by atoms with van der Waals surface area (Å²) in [5, 5.41) is 19.6. The second kappa shape index (κ2) is 4.77. The van der Waals surface area contributed by atoms with Gasteiger partial charge in [-0.3, -0.25) is 10.1 Å². The molecule has 1 aromatic heterocycles. The predicted octanol–water partition coefficient (Wildman–Crippen LogP) is 1.16. The lowest BCUT2D eigenvalue weighted by atomic mass is 10.2. The van der Waals surface area contributed by atoms with Gasteiger partial charge in [0.1, 0.15) is 5.58 Å². The highest BCUT2D eigenvalue weighted by molar-refractivity contribution is 5.87. The van der Waals surface area contributed by atoms with Gasteiger partial charge in [-0.25, -0.2) is 9.59 Å². The third-order valence-electron chi connectivity index (χ3n) is 2.27. The molecule has 0 aliphatic heterocycles. The molecule has 19 heavy (non-hydrogen) atoms. The maximum Gasteiger partial charge on any atom is 0.419 e. The molecule has 8 heteroatoms. The topological polar surface area (TPSA) is 120 Å². The minimum atomic E-state index is -1.31. The van der Waals surface area contributed by atoms with E-state index in [1.807, 2.05) is 0 Å². The van der Waals surface area contributed by atoms with Crippen molar-refractivity contribution >= 4 is 22.6 Å². The van der Waals surface area contributed by atoms with Crippen LogP contribution in [-0.4, -0.2) is 22.6 Å². The first kappa shape index (κ1) is 12.6. The standard InChI is InChI=1S/C11H7NO7/c13-8(14)5-18-10-6-3-1-2-4-7(6)19-11(15)9(10)12(16)17/h1-4H,5H2,(H,13,14). The van der Waals surface area contributed by atoms with Crippen LogP contribution in [0.3, 0.4) is 0 Å². The van der Waals surface area contributed by atoms with E-state index in [1.165, 1.54) is 12.1 Å². The molecule has 1 N–H and O–H groups in total. The van der Waals surface area contributed by atoms with E-state index in [0.717, 1.165) is 0 Å². The van der Waals surface area contributed by atoms with Gasteiger partial charge >= 0.3 is 17.3 Å². The second-order valence-electron chi connectivity index (χ2n) is 3.50. The van der Waals surface area contributed by atoms with Crippen molar-refractivity contribution in [2.45, 2.75) is 0 Å². The summed E-state index contributed by atoms with van der Waals surface area (Å²) in [7, 11) is 0. The first-order valence-corrected chi connectivity index (χ1v) is 5.05. The summed E-state index contributed by atoms with van der Waals surface area (Å²) in [6, 6.07) is 5.98. The van der Waals surface area contributed by atoms with Crippen LogP contribution in [0.15, 0.2) is 33.5 Å². The van der Waals surface area contributed by atoms with E-state index in [1.54, 1.807) is 12.1 Å². The molecule has 0 saturated heterocycles. The molecule has 1 heterocycles. The molecular weight excluding hydrogens is 258 g/mol. The zero-order valence-corrected chi connectivity index (χ0v) is 9.36. The fraction of sp³-hybridized carbons (Fsp3) is 0.0909. The van der Waals surface area contributed by atoms with Gasteiger partial charge in [0.15, 0.2) is 6.61 Å². The van der Waals surface area contributed by atoms with Crippen molar-refractivity contribution in [2.75, 3.05) is 6.61 Å². The van der Waals surface area contributed by atoms with Crippen LogP contribution in [0.5, 0.6) is 5.75 Å². The van der Waals surface area contributed by atoms with Crippen molar-refractivity contribution in [3.05, 3.63) is 44.8 Å². The van der Waals surface area contributed by atoms with Crippen molar-refractivity contribution < 1.29 is 24.0 Å². The highest BCUT2D eigenvalue weighted by Gasteiger charge is 2.26. The predicted molar refractivity (Wildman–Crippen MR) is 62.3 cm³/mol. The molecule has 8 nitrogen and oxygen atoms in total. The summed E-state index contributed by atoms with van der Waals surface area (Å²) in [5.74, 6) is -1.72. The summed E-state index contributed by atoms with van der Waals surface area (Å²) >= 11 is 0. The summed E-state index contributed by atoms with van der Waals surface area (Å²) in [6.45, 7) is -0.797. The average molecular weight is 265 g/mol. The molecule has 0 aliphatic rings. The number of nitrogens with zero attached hydrogens (tertiary/aromatic N) is 1. The number of fused-ring (bicyclic) bond motifs is 1. The molecule has 0 bridgehead atoms. The number of aliphatic carboxylic acids is 1. The lowest BCUT2D eigenvalue weighted by molar-refractivity contribution is -0.388. The van der Waals surface area contributed by atoms with E-state index in [4.69, 9.17) is 14.3 Å². The summed E-state index contributed by atoms with van der Waals surface area (Å²) in [5.41, 5.74) is -2.03. The number of nitro groups is 1. The highest BCUT2D eigenvalue weighted by atomic mass is 16.6. The number of para-hydroxylation sites is 1. The van der Waals surface area contributed by atoms with Crippen LogP contribution in [0.25, 0.3) is 11.0 Å². The molecule has 0 amide bonds. The zero-order valence-electron chi connectivity index (χ0n) is 9.36. The molecule has 0 saturated carbocycles. The van der Waals surface area contributed by atoms with E-state index in [2.05, 4.69) is 0 Å². The van der Waals surface area contributed by atoms with Crippen molar-refractivity contribution in [3.8, 4) is 5.75 Å². The number of benzene rings is 1. The molecule has 0 unspecified atom stereocenters. The van der Waals surface area contributed by atoms with Crippen molar-refractivity contribution in [1.82, 2.24) is 0 Å². The van der Waals surface area contributed by atoms with E-state index < -0.39 is 34.6 Å². The van der Waals surface area contributed by atoms with Crippen molar-refractivity contribution in [2.24, 2.45) is 0 Å². The van der Waals surface area contributed by atoms with Gasteiger partial charge in [-0.15, -0.1) is 0 Å². The van der Waals surface area contributed by atoms with E-state index in [0.29, 0.717) is 0 Å². The Morgan fingerprint density at radius 2 is 2.11 bits per heavy atom. The third kappa shape index (κ3) is 2.37. The summed E-state index contributed by atoms with van der Waals surface area (Å²) < 4.78 is 9.63. The lowest BCUT2D eigenvalue weighted by Crippen LogP contribution is -2.14. The Labute approximate surface area is 105 Å². The number of carboxylic acid groups (broad SMARTS) is 1. The van der Waals surface area contributed by atoms with Crippen LogP contribution in [0, 0.1) is 10.1 Å². The van der Waals surface area contributed by atoms with E-state index >= 15 is 0 Å². The monoisotopic (exact) mass is 265 g/mol. The molecule has 0 fully saturated rings. The second-order valence-corrected chi connectivity index (χ2v) is 3.50. The molecule has 2 aromatic rings. The quantitative estimate of drug-likeness (QED) is 0.500. The van der Waals surface area contributed by atoms with Crippen molar-refractivity contribution in [3.63, 3.8) is 0 Å². The van der Waals surface area contributed by atoms with Gasteiger partial charge < -0.3 is 14.3 Å². The third-order valence-corrected chi connectivity index (χ3v) is 2.27. The Bertz CT molecular complexity index is 719. The number of ether oxygens (including phenoxy) is 1. The number of hydrogen-bond donors (Lipinski definition) is 1. The van der Waals surface area contributed by atoms with Crippen LogP contribution >= 0.6 is 0 Å². The summed E-state index contributed by atoms with van der Waals surface area (Å²) in [6.07, 6.45) is 0. The number of carboxylic acids is 1. The molecular formula is C11H7NO7. The van der Waals surface area contributed by atoms with Crippen LogP contribution in [0.2, 0.25) is 0 Å². The molecule has 0 spiro atoms. The molecule has 1 aromatic carbocycles. The first-order valence-electron chi connectivity index (χ1n) is 5.05. The normalized spacial score (nSPS) is 10.3. The fourth-order valence-electron chi connectivity index (χ4n) is 1.55. The summed E-state index contributed by atoms with van der Waals surface area (Å²) in [4.78, 5) is 31.9. The minimum Gasteiger partial charge on any atom is -0.479 e. The van der Waals surface area contributed by atoms with Gasteiger partial charge in [0.2, 0.25) is 5.75 Å². The van der Waals surface area contributed by atoms with Crippen LogP contribution in [0.1, 0.15) is 0 Å². The van der Waals surface area contributed by atoms with Crippen molar-refractivity contribution in [1.29, 1.82) is 0 Å². The maximum absolute atomic E-state index is 11.5. The van der Waals surface area contributed by atoms with E-state index in [9.17, 15) is 19.7 Å². The molecule has 0 aliphatic carbocycles. The van der Waals surface area contributed by atoms with Crippen LogP contribution in [0.4, 0.5) is 5.69 Å². The Morgan fingerprint density at radius 1 is 1.42 bits per heavy atom. The lowest BCUT2D eigenvalue weighted by Gasteiger charge is -2.06. The Kier molecular flexibility index (Phi) is 3.15. The Hall–Kier alpha value is -2.90. The van der Waals surface area contributed by atoms with Gasteiger partial charge in [0.05, 0.1) is 10.3 Å². The smallest absolute Gasteiger partial charge is 0.419 e. The molecule has 2 rings (SSSR count). The minimum absolute atomic E-state index is 0.0819. The number of hydrogen-bond acceptors (Lipinski definition) is 6. The Balaban J connectivity index is 2.72. The average Bonchev–Trinajstić information content (AvgIpc) is 2.34. The maximum atomic E-state index is 11.5. The first-order chi connectivity index (χ1) is 9.00. The zero-order chi connectivity index (χ0) is 14.0. The van der Waals surface area contributed by atoms with Gasteiger partial charge in [-0.1, -0.05) is 12.1 Å². The largest absolute Gasteiger partial charge is 0.479 e. The Morgan fingerprint density at radius 3 is 2.74 bits per heavy atom. The van der Waals surface area contributed by atoms with Gasteiger partial charge in [0, 0.05) is 0 Å². The van der Waals surface area contributed by atoms with Gasteiger partial charge in [-0.05, 0) is 12.1 Å².